The van der Waals surface area contributed by atoms with E-state index in [1.54, 1.807) is 0 Å². The lowest BCUT2D eigenvalue weighted by atomic mass is 9.80. The van der Waals surface area contributed by atoms with E-state index in [2.05, 4.69) is 24.2 Å². The second-order valence-electron chi connectivity index (χ2n) is 6.14. The van der Waals surface area contributed by atoms with Gasteiger partial charge in [-0.05, 0) is 38.4 Å². The van der Waals surface area contributed by atoms with Crippen LogP contribution in [0.5, 0.6) is 0 Å². The third kappa shape index (κ3) is 3.22. The van der Waals surface area contributed by atoms with Crippen molar-refractivity contribution in [1.29, 1.82) is 0 Å². The van der Waals surface area contributed by atoms with Gasteiger partial charge in [0.2, 0.25) is 5.91 Å². The second kappa shape index (κ2) is 5.55. The fraction of sp³-hybridized carbons (Fsp3) is 0.923. The second-order valence-corrected chi connectivity index (χ2v) is 6.14. The molecule has 2 heterocycles. The van der Waals surface area contributed by atoms with E-state index < -0.39 is 0 Å². The maximum Gasteiger partial charge on any atom is 0.227 e. The summed E-state index contributed by atoms with van der Waals surface area (Å²) < 4.78 is 5.23. The van der Waals surface area contributed by atoms with Crippen LogP contribution in [-0.2, 0) is 9.53 Å². The normalized spacial score (nSPS) is 32.4. The van der Waals surface area contributed by atoms with Gasteiger partial charge in [-0.25, -0.2) is 0 Å². The van der Waals surface area contributed by atoms with Crippen molar-refractivity contribution >= 4 is 5.91 Å². The van der Waals surface area contributed by atoms with Gasteiger partial charge in [0.15, 0.2) is 0 Å². The number of amides is 1. The molecule has 0 bridgehead atoms. The Balaban J connectivity index is 1.78. The zero-order chi connectivity index (χ0) is 13.2. The molecule has 0 spiro atoms. The minimum absolute atomic E-state index is 0.0557. The van der Waals surface area contributed by atoms with Crippen molar-refractivity contribution in [2.75, 3.05) is 39.9 Å². The number of nitrogens with one attached hydrogen (secondary N) is 1. The molecule has 1 amide bonds. The van der Waals surface area contributed by atoms with Gasteiger partial charge in [0.1, 0.15) is 0 Å². The van der Waals surface area contributed by atoms with Crippen LogP contribution in [0.2, 0.25) is 0 Å². The zero-order valence-corrected chi connectivity index (χ0v) is 11.4. The van der Waals surface area contributed by atoms with Crippen LogP contribution in [0.4, 0.5) is 0 Å². The first-order valence-electron chi connectivity index (χ1n) is 6.80. The third-order valence-corrected chi connectivity index (χ3v) is 4.34. The van der Waals surface area contributed by atoms with Gasteiger partial charge in [0.25, 0.3) is 0 Å². The number of carbonyl (C=O) groups excluding carboxylic acids is 1. The molecule has 3 N–H and O–H groups in total. The maximum atomic E-state index is 12.0. The lowest BCUT2D eigenvalue weighted by Gasteiger charge is -2.38. The molecule has 2 atom stereocenters. The maximum absolute atomic E-state index is 12.0. The Morgan fingerprint density at radius 3 is 2.67 bits per heavy atom. The minimum Gasteiger partial charge on any atom is -0.379 e. The molecular weight excluding hydrogens is 230 g/mol. The quantitative estimate of drug-likeness (QED) is 0.733. The van der Waals surface area contributed by atoms with Gasteiger partial charge in [-0.15, -0.1) is 0 Å². The van der Waals surface area contributed by atoms with E-state index in [-0.39, 0.29) is 23.3 Å². The molecule has 5 heteroatoms. The van der Waals surface area contributed by atoms with Crippen molar-refractivity contribution in [1.82, 2.24) is 10.2 Å². The molecule has 0 aromatic carbocycles. The standard InChI is InChI=1S/C13H25N3O2/c1-13(3-5-16(2)6-4-13)9-15-12(17)10-7-18-8-11(10)14/h10-11H,3-9,14H2,1-2H3,(H,15,17). The van der Waals surface area contributed by atoms with Crippen molar-refractivity contribution in [3.05, 3.63) is 0 Å². The molecule has 5 nitrogen and oxygen atoms in total. The van der Waals surface area contributed by atoms with Crippen molar-refractivity contribution in [2.45, 2.75) is 25.8 Å². The third-order valence-electron chi connectivity index (χ3n) is 4.34. The number of carbonyl (C=O) groups is 1. The Bertz CT molecular complexity index is 301. The average molecular weight is 255 g/mol. The molecule has 0 aliphatic carbocycles. The Morgan fingerprint density at radius 2 is 2.11 bits per heavy atom. The summed E-state index contributed by atoms with van der Waals surface area (Å²) >= 11 is 0. The molecule has 2 saturated heterocycles. The van der Waals surface area contributed by atoms with E-state index in [4.69, 9.17) is 10.5 Å². The van der Waals surface area contributed by atoms with Crippen LogP contribution < -0.4 is 11.1 Å². The first-order valence-corrected chi connectivity index (χ1v) is 6.80. The Labute approximate surface area is 109 Å². The molecule has 2 fully saturated rings. The molecule has 0 radical (unpaired) electrons. The number of rotatable bonds is 3. The fourth-order valence-corrected chi connectivity index (χ4v) is 2.61. The topological polar surface area (TPSA) is 67.6 Å². The van der Waals surface area contributed by atoms with E-state index in [9.17, 15) is 4.79 Å². The molecule has 0 saturated carbocycles. The van der Waals surface area contributed by atoms with Gasteiger partial charge in [0, 0.05) is 12.6 Å². The molecule has 2 rings (SSSR count). The summed E-state index contributed by atoms with van der Waals surface area (Å²) in [5.41, 5.74) is 6.08. The average Bonchev–Trinajstić information content (AvgIpc) is 2.77. The Kier molecular flexibility index (Phi) is 4.25. The lowest BCUT2D eigenvalue weighted by molar-refractivity contribution is -0.125. The van der Waals surface area contributed by atoms with Crippen LogP contribution in [0.25, 0.3) is 0 Å². The zero-order valence-electron chi connectivity index (χ0n) is 11.4. The first kappa shape index (κ1) is 13.8. The van der Waals surface area contributed by atoms with Gasteiger partial charge in [0.05, 0.1) is 19.1 Å². The van der Waals surface area contributed by atoms with E-state index in [1.807, 2.05) is 0 Å². The van der Waals surface area contributed by atoms with E-state index in [1.165, 1.54) is 0 Å². The summed E-state index contributed by atoms with van der Waals surface area (Å²) in [5, 5.41) is 3.06. The number of nitrogens with two attached hydrogens (primary N) is 1. The van der Waals surface area contributed by atoms with E-state index in [0.29, 0.717) is 13.2 Å². The van der Waals surface area contributed by atoms with Crippen molar-refractivity contribution in [2.24, 2.45) is 17.1 Å². The Hall–Kier alpha value is -0.650. The number of hydrogen-bond donors (Lipinski definition) is 2. The molecular formula is C13H25N3O2. The molecule has 0 aromatic rings. The number of hydrogen-bond acceptors (Lipinski definition) is 4. The number of ether oxygens (including phenoxy) is 1. The summed E-state index contributed by atoms with van der Waals surface area (Å²) in [5.74, 6) is -0.111. The highest BCUT2D eigenvalue weighted by Gasteiger charge is 2.34. The van der Waals surface area contributed by atoms with Crippen LogP contribution in [0.1, 0.15) is 19.8 Å². The van der Waals surface area contributed by atoms with Crippen LogP contribution in [-0.4, -0.2) is 56.7 Å². The first-order chi connectivity index (χ1) is 8.50. The highest BCUT2D eigenvalue weighted by atomic mass is 16.5. The summed E-state index contributed by atoms with van der Waals surface area (Å²) in [6.07, 6.45) is 2.27. The SMILES string of the molecule is CN1CCC(C)(CNC(=O)C2COCC2N)CC1. The predicted octanol–water partition coefficient (Wildman–Crippen LogP) is -0.192. The molecule has 2 aliphatic rings. The number of piperidine rings is 1. The van der Waals surface area contributed by atoms with Crippen LogP contribution in [0.3, 0.4) is 0 Å². The largest absolute Gasteiger partial charge is 0.379 e. The van der Waals surface area contributed by atoms with Crippen LogP contribution in [0, 0.1) is 11.3 Å². The van der Waals surface area contributed by atoms with Gasteiger partial charge < -0.3 is 20.7 Å². The Morgan fingerprint density at radius 1 is 1.44 bits per heavy atom. The molecule has 2 aliphatic heterocycles. The van der Waals surface area contributed by atoms with Crippen molar-refractivity contribution in [3.63, 3.8) is 0 Å². The van der Waals surface area contributed by atoms with Crippen LogP contribution in [0.15, 0.2) is 0 Å². The summed E-state index contributed by atoms with van der Waals surface area (Å²) in [6.45, 7) is 6.19. The van der Waals surface area contributed by atoms with Gasteiger partial charge >= 0.3 is 0 Å². The fourth-order valence-electron chi connectivity index (χ4n) is 2.61. The highest BCUT2D eigenvalue weighted by Crippen LogP contribution is 2.29. The monoisotopic (exact) mass is 255 g/mol. The van der Waals surface area contributed by atoms with E-state index in [0.717, 1.165) is 32.5 Å². The van der Waals surface area contributed by atoms with Gasteiger partial charge in [-0.1, -0.05) is 6.92 Å². The predicted molar refractivity (Wildman–Crippen MR) is 70.1 cm³/mol. The highest BCUT2D eigenvalue weighted by molar-refractivity contribution is 5.79. The lowest BCUT2D eigenvalue weighted by Crippen LogP contribution is -2.47. The number of likely N-dealkylation sites (tertiary alicyclic amines) is 1. The smallest absolute Gasteiger partial charge is 0.227 e. The molecule has 18 heavy (non-hydrogen) atoms. The van der Waals surface area contributed by atoms with E-state index >= 15 is 0 Å². The molecule has 0 aromatic heterocycles. The van der Waals surface area contributed by atoms with Crippen molar-refractivity contribution in [3.8, 4) is 0 Å². The van der Waals surface area contributed by atoms with Gasteiger partial charge in [-0.2, -0.15) is 0 Å². The summed E-state index contributed by atoms with van der Waals surface area (Å²) in [7, 11) is 2.15. The van der Waals surface area contributed by atoms with Crippen molar-refractivity contribution < 1.29 is 9.53 Å². The van der Waals surface area contributed by atoms with Gasteiger partial charge in [-0.3, -0.25) is 4.79 Å². The molecule has 2 unspecified atom stereocenters. The minimum atomic E-state index is -0.167. The van der Waals surface area contributed by atoms with Crippen LogP contribution >= 0.6 is 0 Å². The molecule has 104 valence electrons. The number of nitrogens with zero attached hydrogens (tertiary/aromatic N) is 1. The summed E-state index contributed by atoms with van der Waals surface area (Å²) in [6, 6.07) is -0.143. The summed E-state index contributed by atoms with van der Waals surface area (Å²) in [4.78, 5) is 14.4.